The first kappa shape index (κ1) is 17.6. The molecule has 0 radical (unpaired) electrons. The first-order valence-corrected chi connectivity index (χ1v) is 10.6. The van der Waals surface area contributed by atoms with E-state index in [1.807, 2.05) is 0 Å². The average Bonchev–Trinajstić information content (AvgIpc) is 3.14. The summed E-state index contributed by atoms with van der Waals surface area (Å²) in [6.45, 7) is 9.10. The Balaban J connectivity index is 1.52. The molecule has 0 N–H and O–H groups in total. The molecule has 2 nitrogen and oxygen atoms in total. The zero-order chi connectivity index (χ0) is 20.7. The third-order valence-electron chi connectivity index (χ3n) is 7.06. The van der Waals surface area contributed by atoms with E-state index in [4.69, 9.17) is 9.97 Å². The zero-order valence-corrected chi connectivity index (χ0v) is 17.8. The summed E-state index contributed by atoms with van der Waals surface area (Å²) < 4.78 is 0. The fraction of sp³-hybridized carbons (Fsp3) is 0.214. The number of nitrogens with zero attached hydrogens (tertiary/aromatic N) is 2. The lowest BCUT2D eigenvalue weighted by molar-refractivity contribution is 0.637. The number of pyridine rings is 2. The van der Waals surface area contributed by atoms with Gasteiger partial charge in [-0.05, 0) is 34.4 Å². The topological polar surface area (TPSA) is 25.8 Å². The second kappa shape index (κ2) is 5.66. The summed E-state index contributed by atoms with van der Waals surface area (Å²) in [5.74, 6) is 0. The zero-order valence-electron chi connectivity index (χ0n) is 17.8. The van der Waals surface area contributed by atoms with Crippen LogP contribution in [0.3, 0.4) is 0 Å². The van der Waals surface area contributed by atoms with E-state index >= 15 is 0 Å². The Morgan fingerprint density at radius 1 is 0.500 bits per heavy atom. The molecule has 0 amide bonds. The molecule has 0 aliphatic heterocycles. The van der Waals surface area contributed by atoms with Crippen molar-refractivity contribution in [1.82, 2.24) is 9.97 Å². The van der Waals surface area contributed by atoms with Crippen LogP contribution < -0.4 is 0 Å². The van der Waals surface area contributed by atoms with Crippen LogP contribution in [0.25, 0.3) is 33.8 Å². The van der Waals surface area contributed by atoms with Gasteiger partial charge < -0.3 is 0 Å². The van der Waals surface area contributed by atoms with Crippen LogP contribution in [0.15, 0.2) is 72.8 Å². The Morgan fingerprint density at radius 3 is 1.87 bits per heavy atom. The molecule has 0 spiro atoms. The van der Waals surface area contributed by atoms with Crippen LogP contribution in [0.2, 0.25) is 0 Å². The number of benzene rings is 2. The molecule has 0 bridgehead atoms. The Morgan fingerprint density at radius 2 is 1.10 bits per heavy atom. The molecule has 2 aliphatic rings. The van der Waals surface area contributed by atoms with Gasteiger partial charge in [0.1, 0.15) is 0 Å². The highest BCUT2D eigenvalue weighted by molar-refractivity contribution is 5.82. The van der Waals surface area contributed by atoms with Crippen molar-refractivity contribution in [2.24, 2.45) is 0 Å². The fourth-order valence-corrected chi connectivity index (χ4v) is 5.38. The van der Waals surface area contributed by atoms with Crippen molar-refractivity contribution in [1.29, 1.82) is 0 Å². The summed E-state index contributed by atoms with van der Waals surface area (Å²) in [6.07, 6.45) is 0. The fourth-order valence-electron chi connectivity index (χ4n) is 5.38. The number of fused-ring (bicyclic) bond motifs is 6. The molecule has 2 aliphatic carbocycles. The molecular weight excluding hydrogens is 364 g/mol. The molecule has 0 fully saturated rings. The van der Waals surface area contributed by atoms with Gasteiger partial charge in [-0.3, -0.25) is 0 Å². The van der Waals surface area contributed by atoms with Gasteiger partial charge in [-0.1, -0.05) is 88.4 Å². The molecule has 0 atom stereocenters. The molecule has 4 aromatic rings. The number of hydrogen-bond acceptors (Lipinski definition) is 2. The van der Waals surface area contributed by atoms with Crippen molar-refractivity contribution in [2.75, 3.05) is 0 Å². The minimum atomic E-state index is -0.104. The minimum absolute atomic E-state index is 0.0214. The third kappa shape index (κ3) is 2.14. The Hall–Kier alpha value is -3.26. The highest BCUT2D eigenvalue weighted by Crippen LogP contribution is 2.49. The maximum atomic E-state index is 5.15. The van der Waals surface area contributed by atoms with Gasteiger partial charge in [-0.25, -0.2) is 9.97 Å². The van der Waals surface area contributed by atoms with Crippen LogP contribution in [0.4, 0.5) is 0 Å². The Kier molecular flexibility index (Phi) is 3.32. The van der Waals surface area contributed by atoms with Crippen LogP contribution in [0.1, 0.15) is 50.1 Å². The van der Waals surface area contributed by atoms with Gasteiger partial charge in [-0.15, -0.1) is 0 Å². The number of aromatic nitrogens is 2. The predicted molar refractivity (Wildman–Crippen MR) is 123 cm³/mol. The Labute approximate surface area is 177 Å². The van der Waals surface area contributed by atoms with Crippen LogP contribution in [-0.2, 0) is 10.8 Å². The van der Waals surface area contributed by atoms with Crippen molar-refractivity contribution in [3.63, 3.8) is 0 Å². The van der Waals surface area contributed by atoms with Crippen LogP contribution in [0.5, 0.6) is 0 Å². The molecule has 0 saturated carbocycles. The second-order valence-corrected chi connectivity index (χ2v) is 9.53. The number of rotatable bonds is 1. The summed E-state index contributed by atoms with van der Waals surface area (Å²) in [5.41, 5.74) is 11.8. The van der Waals surface area contributed by atoms with Crippen LogP contribution in [0, 0.1) is 0 Å². The van der Waals surface area contributed by atoms with E-state index in [0.717, 1.165) is 22.8 Å². The number of hydrogen-bond donors (Lipinski definition) is 0. The van der Waals surface area contributed by atoms with Crippen molar-refractivity contribution in [2.45, 2.75) is 38.5 Å². The quantitative estimate of drug-likeness (QED) is 0.360. The first-order valence-electron chi connectivity index (χ1n) is 10.6. The van der Waals surface area contributed by atoms with Crippen LogP contribution in [-0.4, -0.2) is 9.97 Å². The van der Waals surface area contributed by atoms with Gasteiger partial charge in [-0.2, -0.15) is 0 Å². The molecule has 0 saturated heterocycles. The van der Waals surface area contributed by atoms with E-state index in [0.29, 0.717) is 0 Å². The molecule has 6 rings (SSSR count). The third-order valence-corrected chi connectivity index (χ3v) is 7.06. The normalized spacial score (nSPS) is 16.5. The van der Waals surface area contributed by atoms with Crippen molar-refractivity contribution >= 4 is 0 Å². The summed E-state index contributed by atoms with van der Waals surface area (Å²) in [6, 6.07) is 26.0. The highest BCUT2D eigenvalue weighted by atomic mass is 14.8. The lowest BCUT2D eigenvalue weighted by Gasteiger charge is -2.21. The summed E-state index contributed by atoms with van der Waals surface area (Å²) in [4.78, 5) is 10.3. The van der Waals surface area contributed by atoms with E-state index in [-0.39, 0.29) is 10.8 Å². The van der Waals surface area contributed by atoms with E-state index < -0.39 is 0 Å². The smallest absolute Gasteiger partial charge is 0.0894 e. The molecule has 146 valence electrons. The lowest BCUT2D eigenvalue weighted by atomic mass is 9.83. The van der Waals surface area contributed by atoms with E-state index in [1.54, 1.807) is 0 Å². The largest absolute Gasteiger partial charge is 0.250 e. The molecule has 30 heavy (non-hydrogen) atoms. The van der Waals surface area contributed by atoms with Gasteiger partial charge in [0.2, 0.25) is 0 Å². The van der Waals surface area contributed by atoms with Gasteiger partial charge in [0.15, 0.2) is 0 Å². The average molecular weight is 389 g/mol. The maximum absolute atomic E-state index is 5.15. The predicted octanol–water partition coefficient (Wildman–Crippen LogP) is 6.76. The molecule has 2 aromatic carbocycles. The van der Waals surface area contributed by atoms with E-state index in [1.165, 1.54) is 33.4 Å². The van der Waals surface area contributed by atoms with Gasteiger partial charge in [0, 0.05) is 22.0 Å². The second-order valence-electron chi connectivity index (χ2n) is 9.53. The van der Waals surface area contributed by atoms with Crippen molar-refractivity contribution in [3.05, 3.63) is 95.2 Å². The minimum Gasteiger partial charge on any atom is -0.250 e. The maximum Gasteiger partial charge on any atom is 0.0894 e. The SMILES string of the molecule is CC1(C)c2ccccc2-c2nc(-c3ccc4c(n3)C(C)(C)c3ccccc3-4)ccc21. The van der Waals surface area contributed by atoms with Gasteiger partial charge in [0.25, 0.3) is 0 Å². The first-order chi connectivity index (χ1) is 14.4. The highest BCUT2D eigenvalue weighted by Gasteiger charge is 2.38. The van der Waals surface area contributed by atoms with E-state index in [9.17, 15) is 0 Å². The van der Waals surface area contributed by atoms with Crippen LogP contribution >= 0.6 is 0 Å². The summed E-state index contributed by atoms with van der Waals surface area (Å²) in [7, 11) is 0. The lowest BCUT2D eigenvalue weighted by Crippen LogP contribution is -2.17. The standard InChI is InChI=1S/C28H24N2/c1-27(2)21-12-8-6-10-19(21)25-22(27)14-16-23(29-25)24-15-13-18-17-9-5-7-11-20(17)28(3,4)26(18)30-24/h5-16H,1-4H3. The monoisotopic (exact) mass is 388 g/mol. The van der Waals surface area contributed by atoms with E-state index in [2.05, 4.69) is 100 Å². The van der Waals surface area contributed by atoms with Gasteiger partial charge in [0.05, 0.1) is 22.8 Å². The Bertz CT molecular complexity index is 1340. The van der Waals surface area contributed by atoms with Gasteiger partial charge >= 0.3 is 0 Å². The molecular formula is C28H24N2. The van der Waals surface area contributed by atoms with Crippen molar-refractivity contribution < 1.29 is 0 Å². The molecule has 2 heterocycles. The van der Waals surface area contributed by atoms with Crippen molar-refractivity contribution in [3.8, 4) is 33.8 Å². The summed E-state index contributed by atoms with van der Waals surface area (Å²) in [5, 5.41) is 0. The molecule has 0 unspecified atom stereocenters. The molecule has 2 heteroatoms. The molecule has 2 aromatic heterocycles. The summed E-state index contributed by atoms with van der Waals surface area (Å²) >= 11 is 0.